The van der Waals surface area contributed by atoms with Crippen LogP contribution in [0.2, 0.25) is 0 Å². The standard InChI is InChI=1S/C22H23BrN4O2/c1-15-4-2-5-17(12-15)21-25-20(29-26-21)14-27-10-8-16(9-11-27)22(28)24-19-7-3-6-18(23)13-19/h2-7,12-13,16H,8-11,14H2,1H3,(H,24,28). The predicted molar refractivity (Wildman–Crippen MR) is 115 cm³/mol. The highest BCUT2D eigenvalue weighted by atomic mass is 79.9. The number of benzene rings is 2. The van der Waals surface area contributed by atoms with Crippen molar-refractivity contribution in [1.82, 2.24) is 15.0 Å². The molecule has 0 bridgehead atoms. The van der Waals surface area contributed by atoms with Crippen molar-refractivity contribution in [2.75, 3.05) is 18.4 Å². The van der Waals surface area contributed by atoms with Crippen LogP contribution in [0.1, 0.15) is 24.3 Å². The van der Waals surface area contributed by atoms with Crippen molar-refractivity contribution in [1.29, 1.82) is 0 Å². The van der Waals surface area contributed by atoms with Gasteiger partial charge in [0.1, 0.15) is 0 Å². The van der Waals surface area contributed by atoms with Gasteiger partial charge in [-0.15, -0.1) is 0 Å². The van der Waals surface area contributed by atoms with E-state index in [9.17, 15) is 4.79 Å². The molecule has 1 saturated heterocycles. The van der Waals surface area contributed by atoms with E-state index in [1.165, 1.54) is 0 Å². The molecular formula is C22H23BrN4O2. The van der Waals surface area contributed by atoms with E-state index in [1.807, 2.05) is 55.5 Å². The molecule has 0 radical (unpaired) electrons. The Morgan fingerprint density at radius 1 is 1.21 bits per heavy atom. The number of carbonyl (C=O) groups excluding carboxylic acids is 1. The van der Waals surface area contributed by atoms with Crippen LogP contribution in [0.3, 0.4) is 0 Å². The number of halogens is 1. The second kappa shape index (κ2) is 8.88. The van der Waals surface area contributed by atoms with Crippen LogP contribution < -0.4 is 5.32 Å². The summed E-state index contributed by atoms with van der Waals surface area (Å²) in [4.78, 5) is 19.3. The van der Waals surface area contributed by atoms with E-state index in [-0.39, 0.29) is 11.8 Å². The van der Waals surface area contributed by atoms with Gasteiger partial charge in [0.15, 0.2) is 0 Å². The number of aromatic nitrogens is 2. The second-order valence-corrected chi connectivity index (χ2v) is 8.35. The number of nitrogens with one attached hydrogen (secondary N) is 1. The quantitative estimate of drug-likeness (QED) is 0.606. The van der Waals surface area contributed by atoms with Gasteiger partial charge in [-0.1, -0.05) is 50.9 Å². The molecule has 0 saturated carbocycles. The molecule has 29 heavy (non-hydrogen) atoms. The number of rotatable bonds is 5. The Labute approximate surface area is 178 Å². The number of hydrogen-bond donors (Lipinski definition) is 1. The van der Waals surface area contributed by atoms with Crippen molar-refractivity contribution >= 4 is 27.5 Å². The predicted octanol–water partition coefficient (Wildman–Crippen LogP) is 4.66. The molecule has 1 aliphatic rings. The summed E-state index contributed by atoms with van der Waals surface area (Å²) in [5.74, 6) is 1.34. The van der Waals surface area contributed by atoms with Crippen LogP contribution >= 0.6 is 15.9 Å². The first-order valence-corrected chi connectivity index (χ1v) is 10.5. The van der Waals surface area contributed by atoms with Gasteiger partial charge in [0.2, 0.25) is 17.6 Å². The van der Waals surface area contributed by atoms with E-state index in [0.29, 0.717) is 18.3 Å². The largest absolute Gasteiger partial charge is 0.338 e. The fourth-order valence-electron chi connectivity index (χ4n) is 3.58. The topological polar surface area (TPSA) is 71.3 Å². The summed E-state index contributed by atoms with van der Waals surface area (Å²) >= 11 is 3.43. The van der Waals surface area contributed by atoms with Crippen molar-refractivity contribution in [3.63, 3.8) is 0 Å². The highest BCUT2D eigenvalue weighted by Gasteiger charge is 2.26. The molecule has 2 aromatic carbocycles. The van der Waals surface area contributed by atoms with E-state index < -0.39 is 0 Å². The van der Waals surface area contributed by atoms with Gasteiger partial charge in [-0.25, -0.2) is 0 Å². The van der Waals surface area contributed by atoms with Crippen molar-refractivity contribution < 1.29 is 9.32 Å². The summed E-state index contributed by atoms with van der Waals surface area (Å²) in [7, 11) is 0. The van der Waals surface area contributed by atoms with Crippen LogP contribution in [-0.2, 0) is 11.3 Å². The van der Waals surface area contributed by atoms with E-state index in [2.05, 4.69) is 36.3 Å². The molecule has 4 rings (SSSR count). The lowest BCUT2D eigenvalue weighted by Crippen LogP contribution is -2.37. The van der Waals surface area contributed by atoms with E-state index >= 15 is 0 Å². The third-order valence-corrected chi connectivity index (χ3v) is 5.65. The third kappa shape index (κ3) is 5.10. The van der Waals surface area contributed by atoms with Gasteiger partial charge < -0.3 is 9.84 Å². The van der Waals surface area contributed by atoms with Gasteiger partial charge in [0.05, 0.1) is 6.54 Å². The maximum atomic E-state index is 12.5. The van der Waals surface area contributed by atoms with Crippen LogP contribution in [0.15, 0.2) is 57.5 Å². The lowest BCUT2D eigenvalue weighted by atomic mass is 9.96. The highest BCUT2D eigenvalue weighted by molar-refractivity contribution is 9.10. The molecule has 1 aromatic heterocycles. The lowest BCUT2D eigenvalue weighted by molar-refractivity contribution is -0.121. The first-order valence-electron chi connectivity index (χ1n) is 9.75. The summed E-state index contributed by atoms with van der Waals surface area (Å²) < 4.78 is 6.39. The van der Waals surface area contributed by atoms with Gasteiger partial charge in [0, 0.05) is 21.6 Å². The minimum Gasteiger partial charge on any atom is -0.338 e. The fourth-order valence-corrected chi connectivity index (χ4v) is 3.97. The molecule has 2 heterocycles. The van der Waals surface area contributed by atoms with Crippen molar-refractivity contribution in [3.8, 4) is 11.4 Å². The molecule has 0 aliphatic carbocycles. The second-order valence-electron chi connectivity index (χ2n) is 7.43. The zero-order chi connectivity index (χ0) is 20.2. The Balaban J connectivity index is 1.29. The van der Waals surface area contributed by atoms with Crippen LogP contribution in [-0.4, -0.2) is 34.0 Å². The Bertz CT molecular complexity index is 996. The molecule has 0 spiro atoms. The molecule has 7 heteroatoms. The maximum absolute atomic E-state index is 12.5. The molecular weight excluding hydrogens is 432 g/mol. The number of likely N-dealkylation sites (tertiary alicyclic amines) is 1. The maximum Gasteiger partial charge on any atom is 0.241 e. The molecule has 3 aromatic rings. The molecule has 1 amide bonds. The molecule has 0 unspecified atom stereocenters. The van der Waals surface area contributed by atoms with Gasteiger partial charge in [-0.2, -0.15) is 4.98 Å². The fraction of sp³-hybridized carbons (Fsp3) is 0.318. The molecule has 1 N–H and O–H groups in total. The summed E-state index contributed by atoms with van der Waals surface area (Å²) in [5, 5.41) is 7.12. The lowest BCUT2D eigenvalue weighted by Gasteiger charge is -2.30. The van der Waals surface area contributed by atoms with Crippen molar-refractivity contribution in [2.45, 2.75) is 26.3 Å². The van der Waals surface area contributed by atoms with E-state index in [1.54, 1.807) is 0 Å². The monoisotopic (exact) mass is 454 g/mol. The normalized spacial score (nSPS) is 15.4. The number of aryl methyl sites for hydroxylation is 1. The summed E-state index contributed by atoms with van der Waals surface area (Å²) in [6.07, 6.45) is 1.64. The van der Waals surface area contributed by atoms with Crippen LogP contribution in [0, 0.1) is 12.8 Å². The van der Waals surface area contributed by atoms with Crippen molar-refractivity contribution in [3.05, 3.63) is 64.5 Å². The van der Waals surface area contributed by atoms with Crippen LogP contribution in [0.4, 0.5) is 5.69 Å². The first-order chi connectivity index (χ1) is 14.1. The Morgan fingerprint density at radius 3 is 2.76 bits per heavy atom. The van der Waals surface area contributed by atoms with E-state index in [4.69, 9.17) is 4.52 Å². The SMILES string of the molecule is Cc1cccc(-c2noc(CN3CCC(C(=O)Nc4cccc(Br)c4)CC3)n2)c1. The van der Waals surface area contributed by atoms with Crippen LogP contribution in [0.5, 0.6) is 0 Å². The Kier molecular flexibility index (Phi) is 6.06. The molecule has 6 nitrogen and oxygen atoms in total. The van der Waals surface area contributed by atoms with Crippen LogP contribution in [0.25, 0.3) is 11.4 Å². The van der Waals surface area contributed by atoms with E-state index in [0.717, 1.165) is 47.2 Å². The average molecular weight is 455 g/mol. The van der Waals surface area contributed by atoms with Gasteiger partial charge in [-0.3, -0.25) is 9.69 Å². The number of piperidine rings is 1. The minimum atomic E-state index is 0.0239. The molecule has 0 atom stereocenters. The smallest absolute Gasteiger partial charge is 0.241 e. The molecule has 1 fully saturated rings. The number of anilines is 1. The number of amides is 1. The number of hydrogen-bond acceptors (Lipinski definition) is 5. The zero-order valence-electron chi connectivity index (χ0n) is 16.3. The summed E-state index contributed by atoms with van der Waals surface area (Å²) in [5.41, 5.74) is 2.95. The van der Waals surface area contributed by atoms with Gasteiger partial charge >= 0.3 is 0 Å². The Hall–Kier alpha value is -2.51. The number of carbonyl (C=O) groups is 1. The average Bonchev–Trinajstić information content (AvgIpc) is 3.17. The minimum absolute atomic E-state index is 0.0239. The molecule has 150 valence electrons. The highest BCUT2D eigenvalue weighted by Crippen LogP contribution is 2.23. The van der Waals surface area contributed by atoms with Crippen molar-refractivity contribution in [2.24, 2.45) is 5.92 Å². The summed E-state index contributed by atoms with van der Waals surface area (Å²) in [6, 6.07) is 15.7. The zero-order valence-corrected chi connectivity index (χ0v) is 17.9. The molecule has 1 aliphatic heterocycles. The number of nitrogens with zero attached hydrogens (tertiary/aromatic N) is 3. The Morgan fingerprint density at radius 2 is 2.00 bits per heavy atom. The van der Waals surface area contributed by atoms with Gasteiger partial charge in [-0.05, 0) is 57.1 Å². The first kappa shape index (κ1) is 19.8. The summed E-state index contributed by atoms with van der Waals surface area (Å²) in [6.45, 7) is 4.32. The van der Waals surface area contributed by atoms with Gasteiger partial charge in [0.25, 0.3) is 0 Å². The third-order valence-electron chi connectivity index (χ3n) is 5.15.